The van der Waals surface area contributed by atoms with Gasteiger partial charge in [-0.3, -0.25) is 0 Å². The summed E-state index contributed by atoms with van der Waals surface area (Å²) in [5.74, 6) is 1.62. The predicted molar refractivity (Wildman–Crippen MR) is 85.0 cm³/mol. The maximum Gasteiger partial charge on any atom is 0.0468 e. The van der Waals surface area contributed by atoms with Crippen LogP contribution in [0, 0.1) is 11.8 Å². The molecule has 1 aliphatic rings. The van der Waals surface area contributed by atoms with E-state index in [1.807, 2.05) is 0 Å². The van der Waals surface area contributed by atoms with E-state index >= 15 is 0 Å². The minimum Gasteiger partial charge on any atom is -0.381 e. The molecule has 0 aromatic heterocycles. The first-order valence-corrected chi connectivity index (χ1v) is 8.21. The van der Waals surface area contributed by atoms with Crippen molar-refractivity contribution in [3.8, 4) is 0 Å². The van der Waals surface area contributed by atoms with Crippen molar-refractivity contribution in [2.75, 3.05) is 26.3 Å². The summed E-state index contributed by atoms with van der Waals surface area (Å²) in [4.78, 5) is 0. The van der Waals surface area contributed by atoms with Crippen molar-refractivity contribution >= 4 is 0 Å². The fraction of sp³-hybridized carbons (Fsp3) is 0.667. The van der Waals surface area contributed by atoms with Crippen LogP contribution in [0.25, 0.3) is 0 Å². The molecule has 1 atom stereocenters. The van der Waals surface area contributed by atoms with Crippen LogP contribution in [0.1, 0.15) is 38.2 Å². The first-order chi connectivity index (χ1) is 9.88. The van der Waals surface area contributed by atoms with Crippen LogP contribution < -0.4 is 5.32 Å². The minimum atomic E-state index is 0.757. The largest absolute Gasteiger partial charge is 0.381 e. The third kappa shape index (κ3) is 5.64. The van der Waals surface area contributed by atoms with Gasteiger partial charge in [-0.15, -0.1) is 0 Å². The Labute approximate surface area is 123 Å². The summed E-state index contributed by atoms with van der Waals surface area (Å²) < 4.78 is 5.48. The first kappa shape index (κ1) is 15.5. The Morgan fingerprint density at radius 1 is 1.20 bits per heavy atom. The van der Waals surface area contributed by atoms with E-state index in [2.05, 4.69) is 42.6 Å². The fourth-order valence-electron chi connectivity index (χ4n) is 3.12. The molecule has 0 spiro atoms. The molecular weight excluding hydrogens is 246 g/mol. The van der Waals surface area contributed by atoms with E-state index in [9.17, 15) is 0 Å². The summed E-state index contributed by atoms with van der Waals surface area (Å²) in [5.41, 5.74) is 1.47. The molecule has 1 aliphatic heterocycles. The van der Waals surface area contributed by atoms with Crippen LogP contribution >= 0.6 is 0 Å². The summed E-state index contributed by atoms with van der Waals surface area (Å²) in [5, 5.41) is 3.61. The highest BCUT2D eigenvalue weighted by Crippen LogP contribution is 2.25. The van der Waals surface area contributed by atoms with Gasteiger partial charge in [-0.25, -0.2) is 0 Å². The summed E-state index contributed by atoms with van der Waals surface area (Å²) in [6.45, 7) is 6.45. The van der Waals surface area contributed by atoms with Gasteiger partial charge in [0.05, 0.1) is 0 Å². The molecule has 0 radical (unpaired) electrons. The van der Waals surface area contributed by atoms with Crippen LogP contribution in [0.4, 0.5) is 0 Å². The molecule has 2 nitrogen and oxygen atoms in total. The molecule has 2 heteroatoms. The molecule has 1 heterocycles. The van der Waals surface area contributed by atoms with Crippen molar-refractivity contribution in [3.05, 3.63) is 35.9 Å². The molecule has 1 aromatic rings. The zero-order chi connectivity index (χ0) is 14.0. The van der Waals surface area contributed by atoms with Crippen molar-refractivity contribution in [2.45, 2.75) is 39.0 Å². The number of ether oxygens (including phenoxy) is 1. The van der Waals surface area contributed by atoms with E-state index in [0.29, 0.717) is 0 Å². The third-order valence-electron chi connectivity index (χ3n) is 4.23. The molecule has 1 unspecified atom stereocenters. The minimum absolute atomic E-state index is 0.757. The van der Waals surface area contributed by atoms with Gasteiger partial charge in [-0.05, 0) is 62.6 Å². The predicted octanol–water partition coefficient (Wildman–Crippen LogP) is 3.66. The second kappa shape index (κ2) is 9.15. The SMILES string of the molecule is CCCNCC(Cc1ccccc1)CC1CCOCC1. The highest BCUT2D eigenvalue weighted by molar-refractivity contribution is 5.15. The monoisotopic (exact) mass is 275 g/mol. The summed E-state index contributed by atoms with van der Waals surface area (Å²) >= 11 is 0. The molecule has 1 saturated heterocycles. The molecule has 0 bridgehead atoms. The fourth-order valence-corrected chi connectivity index (χ4v) is 3.12. The third-order valence-corrected chi connectivity index (χ3v) is 4.23. The molecule has 0 aliphatic carbocycles. The van der Waals surface area contributed by atoms with Crippen molar-refractivity contribution < 1.29 is 4.74 Å². The number of nitrogens with one attached hydrogen (secondary N) is 1. The van der Waals surface area contributed by atoms with E-state index in [1.54, 1.807) is 0 Å². The van der Waals surface area contributed by atoms with Gasteiger partial charge in [0.1, 0.15) is 0 Å². The van der Waals surface area contributed by atoms with Crippen LogP contribution in [-0.4, -0.2) is 26.3 Å². The lowest BCUT2D eigenvalue weighted by molar-refractivity contribution is 0.0585. The average Bonchev–Trinajstić information content (AvgIpc) is 2.49. The van der Waals surface area contributed by atoms with Gasteiger partial charge in [-0.1, -0.05) is 37.3 Å². The van der Waals surface area contributed by atoms with E-state index in [4.69, 9.17) is 4.74 Å². The van der Waals surface area contributed by atoms with Gasteiger partial charge in [0.15, 0.2) is 0 Å². The normalized spacial score (nSPS) is 18.1. The lowest BCUT2D eigenvalue weighted by Gasteiger charge is -2.27. The standard InChI is InChI=1S/C18H29NO/c1-2-10-19-15-18(13-16-6-4-3-5-7-16)14-17-8-11-20-12-9-17/h3-7,17-19H,2,8-15H2,1H3. The molecular formula is C18H29NO. The van der Waals surface area contributed by atoms with Crippen molar-refractivity contribution in [1.29, 1.82) is 0 Å². The van der Waals surface area contributed by atoms with Crippen LogP contribution in [0.5, 0.6) is 0 Å². The summed E-state index contributed by atoms with van der Waals surface area (Å²) in [6.07, 6.45) is 6.26. The van der Waals surface area contributed by atoms with Crippen molar-refractivity contribution in [3.63, 3.8) is 0 Å². The summed E-state index contributed by atoms with van der Waals surface area (Å²) in [7, 11) is 0. The van der Waals surface area contributed by atoms with Crippen LogP contribution in [0.2, 0.25) is 0 Å². The highest BCUT2D eigenvalue weighted by Gasteiger charge is 2.19. The molecule has 2 rings (SSSR count). The lowest BCUT2D eigenvalue weighted by atomic mass is 9.85. The molecule has 1 fully saturated rings. The second-order valence-corrected chi connectivity index (χ2v) is 6.05. The molecule has 1 aromatic carbocycles. The Hall–Kier alpha value is -0.860. The van der Waals surface area contributed by atoms with Gasteiger partial charge in [0.25, 0.3) is 0 Å². The number of rotatable bonds is 8. The first-order valence-electron chi connectivity index (χ1n) is 8.21. The average molecular weight is 275 g/mol. The Kier molecular flexibility index (Phi) is 7.10. The number of hydrogen-bond donors (Lipinski definition) is 1. The number of hydrogen-bond acceptors (Lipinski definition) is 2. The van der Waals surface area contributed by atoms with Crippen LogP contribution in [-0.2, 0) is 11.2 Å². The second-order valence-electron chi connectivity index (χ2n) is 6.05. The van der Waals surface area contributed by atoms with Crippen LogP contribution in [0.3, 0.4) is 0 Å². The van der Waals surface area contributed by atoms with Gasteiger partial charge in [0, 0.05) is 13.2 Å². The van der Waals surface area contributed by atoms with Gasteiger partial charge in [-0.2, -0.15) is 0 Å². The molecule has 1 N–H and O–H groups in total. The van der Waals surface area contributed by atoms with E-state index in [-0.39, 0.29) is 0 Å². The van der Waals surface area contributed by atoms with E-state index in [1.165, 1.54) is 37.7 Å². The molecule has 0 amide bonds. The number of benzene rings is 1. The molecule has 112 valence electrons. The van der Waals surface area contributed by atoms with Crippen LogP contribution in [0.15, 0.2) is 30.3 Å². The van der Waals surface area contributed by atoms with E-state index in [0.717, 1.165) is 38.1 Å². The zero-order valence-electron chi connectivity index (χ0n) is 12.8. The molecule has 20 heavy (non-hydrogen) atoms. The Morgan fingerprint density at radius 3 is 2.65 bits per heavy atom. The van der Waals surface area contributed by atoms with Gasteiger partial charge >= 0.3 is 0 Å². The highest BCUT2D eigenvalue weighted by atomic mass is 16.5. The maximum atomic E-state index is 5.48. The smallest absolute Gasteiger partial charge is 0.0468 e. The zero-order valence-corrected chi connectivity index (χ0v) is 12.8. The lowest BCUT2D eigenvalue weighted by Crippen LogP contribution is -2.28. The maximum absolute atomic E-state index is 5.48. The van der Waals surface area contributed by atoms with E-state index < -0.39 is 0 Å². The van der Waals surface area contributed by atoms with Gasteiger partial charge < -0.3 is 10.1 Å². The van der Waals surface area contributed by atoms with Crippen molar-refractivity contribution in [2.24, 2.45) is 11.8 Å². The van der Waals surface area contributed by atoms with Gasteiger partial charge in [0.2, 0.25) is 0 Å². The molecule has 0 saturated carbocycles. The summed E-state index contributed by atoms with van der Waals surface area (Å²) in [6, 6.07) is 10.9. The Morgan fingerprint density at radius 2 is 1.95 bits per heavy atom. The Balaban J connectivity index is 1.85. The van der Waals surface area contributed by atoms with Crippen molar-refractivity contribution in [1.82, 2.24) is 5.32 Å². The quantitative estimate of drug-likeness (QED) is 0.731. The Bertz CT molecular complexity index is 346. The topological polar surface area (TPSA) is 21.3 Å².